The highest BCUT2D eigenvalue weighted by Crippen LogP contribution is 2.31. The number of piperazine rings is 1. The Bertz CT molecular complexity index is 949. The maximum absolute atomic E-state index is 14.0. The van der Waals surface area contributed by atoms with Crippen molar-refractivity contribution in [2.24, 2.45) is 0 Å². The topological polar surface area (TPSA) is 47.6 Å². The van der Waals surface area contributed by atoms with Crippen molar-refractivity contribution in [2.75, 3.05) is 41.3 Å². The van der Waals surface area contributed by atoms with E-state index >= 15 is 0 Å². The van der Waals surface area contributed by atoms with Gasteiger partial charge in [-0.05, 0) is 36.5 Å². The van der Waals surface area contributed by atoms with E-state index < -0.39 is 34.8 Å². The number of anilines is 3. The maximum Gasteiger partial charge on any atom is 0.222 e. The molecule has 0 radical (unpaired) electrons. The van der Waals surface area contributed by atoms with Crippen molar-refractivity contribution in [3.05, 3.63) is 53.4 Å². The Kier molecular flexibility index (Phi) is 6.40. The second kappa shape index (κ2) is 8.82. The molecular weight excluding hydrogens is 427 g/mol. The summed E-state index contributed by atoms with van der Waals surface area (Å²) < 4.78 is 68.2. The normalized spacial score (nSPS) is 13.9. The number of hydrogen-bond donors (Lipinski definition) is 2. The molecule has 1 heterocycles. The summed E-state index contributed by atoms with van der Waals surface area (Å²) in [5.74, 6) is -10.0. The number of rotatable bonds is 3. The summed E-state index contributed by atoms with van der Waals surface area (Å²) in [6.07, 6.45) is 0. The van der Waals surface area contributed by atoms with Gasteiger partial charge >= 0.3 is 0 Å². The molecule has 2 N–H and O–H groups in total. The smallest absolute Gasteiger partial charge is 0.222 e. The van der Waals surface area contributed by atoms with Crippen LogP contribution in [-0.4, -0.2) is 37.2 Å². The zero-order valence-electron chi connectivity index (χ0n) is 15.7. The minimum absolute atomic E-state index is 0.0744. The molecule has 0 unspecified atom stereocenters. The number of nitrogens with zero attached hydrogens (tertiary/aromatic N) is 2. The summed E-state index contributed by atoms with van der Waals surface area (Å²) in [4.78, 5) is 14.0. The second-order valence-electron chi connectivity index (χ2n) is 6.57. The highest BCUT2D eigenvalue weighted by atomic mass is 32.1. The monoisotopic (exact) mass is 444 g/mol. The lowest BCUT2D eigenvalue weighted by atomic mass is 10.2. The zero-order chi connectivity index (χ0) is 22.0. The van der Waals surface area contributed by atoms with E-state index in [9.17, 15) is 26.7 Å². The van der Waals surface area contributed by atoms with Crippen molar-refractivity contribution in [1.29, 1.82) is 0 Å². The van der Waals surface area contributed by atoms with Gasteiger partial charge in [-0.3, -0.25) is 4.79 Å². The van der Waals surface area contributed by atoms with Crippen molar-refractivity contribution in [2.45, 2.75) is 6.92 Å². The quantitative estimate of drug-likeness (QED) is 0.328. The number of hydrogen-bond acceptors (Lipinski definition) is 4. The van der Waals surface area contributed by atoms with Gasteiger partial charge in [0.25, 0.3) is 0 Å². The molecular formula is C19H17F5N4OS. The average molecular weight is 444 g/mol. The van der Waals surface area contributed by atoms with Crippen LogP contribution in [-0.2, 0) is 4.79 Å². The molecule has 30 heavy (non-hydrogen) atoms. The summed E-state index contributed by atoms with van der Waals surface area (Å²) in [6.45, 7) is 2.12. The molecule has 2 aromatic rings. The SMILES string of the molecule is CC(=O)NC(=S)Nc1ccc(N2CCN(c3c(F)c(F)c(F)c(F)c3F)CC2)cc1. The van der Waals surface area contributed by atoms with E-state index in [1.165, 1.54) is 6.92 Å². The Morgan fingerprint density at radius 3 is 1.80 bits per heavy atom. The first kappa shape index (κ1) is 21.8. The van der Waals surface area contributed by atoms with Gasteiger partial charge in [0.15, 0.2) is 28.4 Å². The van der Waals surface area contributed by atoms with Gasteiger partial charge in [-0.25, -0.2) is 22.0 Å². The van der Waals surface area contributed by atoms with Gasteiger partial charge in [0.2, 0.25) is 11.7 Å². The zero-order valence-corrected chi connectivity index (χ0v) is 16.6. The Balaban J connectivity index is 1.67. The summed E-state index contributed by atoms with van der Waals surface area (Å²) in [6, 6.07) is 7.04. The largest absolute Gasteiger partial charge is 0.368 e. The standard InChI is InChI=1S/C19H17F5N4OS/c1-10(29)25-19(30)26-11-2-4-12(5-3-11)27-6-8-28(9-7-27)18-16(23)14(21)13(20)15(22)17(18)24/h2-5H,6-9H2,1H3,(H2,25,26,29,30). The van der Waals surface area contributed by atoms with Crippen LogP contribution in [0.2, 0.25) is 0 Å². The van der Waals surface area contributed by atoms with Gasteiger partial charge in [0.05, 0.1) is 0 Å². The first-order valence-corrected chi connectivity index (χ1v) is 9.29. The molecule has 11 heteroatoms. The molecule has 160 valence electrons. The van der Waals surface area contributed by atoms with Gasteiger partial charge in [0.1, 0.15) is 5.69 Å². The van der Waals surface area contributed by atoms with Crippen molar-refractivity contribution in [3.63, 3.8) is 0 Å². The maximum atomic E-state index is 14.0. The van der Waals surface area contributed by atoms with E-state index in [0.717, 1.165) is 10.6 Å². The number of amides is 1. The van der Waals surface area contributed by atoms with Gasteiger partial charge < -0.3 is 20.4 Å². The van der Waals surface area contributed by atoms with Gasteiger partial charge in [-0.2, -0.15) is 0 Å². The van der Waals surface area contributed by atoms with Crippen LogP contribution in [0.4, 0.5) is 39.0 Å². The molecule has 0 saturated carbocycles. The molecule has 0 bridgehead atoms. The fourth-order valence-corrected chi connectivity index (χ4v) is 3.40. The fourth-order valence-electron chi connectivity index (χ4n) is 3.14. The van der Waals surface area contributed by atoms with Crippen molar-refractivity contribution >= 4 is 40.3 Å². The fraction of sp³-hybridized carbons (Fsp3) is 0.263. The highest BCUT2D eigenvalue weighted by Gasteiger charge is 2.30. The molecule has 1 amide bonds. The lowest BCUT2D eigenvalue weighted by molar-refractivity contribution is -0.117. The molecule has 0 spiro atoms. The predicted molar refractivity (Wildman–Crippen MR) is 107 cm³/mol. The molecule has 0 aliphatic carbocycles. The molecule has 1 aliphatic rings. The average Bonchev–Trinajstić information content (AvgIpc) is 2.71. The summed E-state index contributed by atoms with van der Waals surface area (Å²) in [5, 5.41) is 5.44. The van der Waals surface area contributed by atoms with Crippen LogP contribution in [0.5, 0.6) is 0 Å². The predicted octanol–water partition coefficient (Wildman–Crippen LogP) is 3.54. The number of carbonyl (C=O) groups is 1. The lowest BCUT2D eigenvalue weighted by Gasteiger charge is -2.37. The van der Waals surface area contributed by atoms with E-state index in [-0.39, 0.29) is 24.1 Å². The number of thiocarbonyl (C=S) groups is 1. The van der Waals surface area contributed by atoms with Crippen LogP contribution >= 0.6 is 12.2 Å². The van der Waals surface area contributed by atoms with E-state index in [0.29, 0.717) is 18.8 Å². The van der Waals surface area contributed by atoms with E-state index in [1.807, 2.05) is 4.90 Å². The summed E-state index contributed by atoms with van der Waals surface area (Å²) in [7, 11) is 0. The number of halogens is 5. The first-order chi connectivity index (χ1) is 14.2. The van der Waals surface area contributed by atoms with Gasteiger partial charge in [-0.15, -0.1) is 0 Å². The molecule has 1 fully saturated rings. The van der Waals surface area contributed by atoms with Crippen LogP contribution in [0, 0.1) is 29.1 Å². The van der Waals surface area contributed by atoms with Crippen LogP contribution in [0.3, 0.4) is 0 Å². The molecule has 2 aromatic carbocycles. The van der Waals surface area contributed by atoms with Crippen LogP contribution in [0.1, 0.15) is 6.92 Å². The van der Waals surface area contributed by atoms with Gasteiger partial charge in [-0.1, -0.05) is 0 Å². The van der Waals surface area contributed by atoms with E-state index in [4.69, 9.17) is 12.2 Å². The van der Waals surface area contributed by atoms with Gasteiger partial charge in [0, 0.05) is 44.5 Å². The van der Waals surface area contributed by atoms with Crippen molar-refractivity contribution < 1.29 is 26.7 Å². The lowest BCUT2D eigenvalue weighted by Crippen LogP contribution is -2.47. The Morgan fingerprint density at radius 1 is 0.833 bits per heavy atom. The third-order valence-electron chi connectivity index (χ3n) is 4.56. The molecule has 0 atom stereocenters. The minimum Gasteiger partial charge on any atom is -0.368 e. The molecule has 3 rings (SSSR count). The Hall–Kier alpha value is -2.95. The molecule has 0 aromatic heterocycles. The third kappa shape index (κ3) is 4.45. The first-order valence-electron chi connectivity index (χ1n) is 8.89. The number of carbonyl (C=O) groups excluding carboxylic acids is 1. The Labute approximate surface area is 174 Å². The number of nitrogens with one attached hydrogen (secondary N) is 2. The van der Waals surface area contributed by atoms with Crippen molar-refractivity contribution in [3.8, 4) is 0 Å². The van der Waals surface area contributed by atoms with Crippen LogP contribution < -0.4 is 20.4 Å². The van der Waals surface area contributed by atoms with E-state index in [1.54, 1.807) is 24.3 Å². The van der Waals surface area contributed by atoms with Crippen molar-refractivity contribution in [1.82, 2.24) is 5.32 Å². The van der Waals surface area contributed by atoms with E-state index in [2.05, 4.69) is 10.6 Å². The molecule has 5 nitrogen and oxygen atoms in total. The molecule has 1 aliphatic heterocycles. The number of benzene rings is 2. The van der Waals surface area contributed by atoms with Crippen LogP contribution in [0.25, 0.3) is 0 Å². The summed E-state index contributed by atoms with van der Waals surface area (Å²) in [5.41, 5.74) is 0.553. The third-order valence-corrected chi connectivity index (χ3v) is 4.77. The molecule has 1 saturated heterocycles. The second-order valence-corrected chi connectivity index (χ2v) is 6.98. The summed E-state index contributed by atoms with van der Waals surface area (Å²) >= 11 is 4.98. The minimum atomic E-state index is -2.17. The van der Waals surface area contributed by atoms with Crippen LogP contribution in [0.15, 0.2) is 24.3 Å². The Morgan fingerprint density at radius 2 is 1.30 bits per heavy atom. The highest BCUT2D eigenvalue weighted by molar-refractivity contribution is 7.80.